The summed E-state index contributed by atoms with van der Waals surface area (Å²) >= 11 is 0. The smallest absolute Gasteiger partial charge is 0.328 e. The number of amides is 1. The maximum atomic E-state index is 13.2. The van der Waals surface area contributed by atoms with Crippen LogP contribution in [0.1, 0.15) is 56.9 Å². The lowest BCUT2D eigenvalue weighted by molar-refractivity contribution is -0.154. The van der Waals surface area contributed by atoms with Crippen molar-refractivity contribution in [3.05, 3.63) is 48.3 Å². The van der Waals surface area contributed by atoms with Crippen molar-refractivity contribution in [1.82, 2.24) is 10.3 Å². The van der Waals surface area contributed by atoms with Crippen molar-refractivity contribution >= 4 is 17.8 Å². The fraction of sp³-hybridized carbons (Fsp3) is 0.481. The normalized spacial score (nSPS) is 20.0. The molecular formula is C27H34N2O8. The number of aromatic nitrogens is 1. The van der Waals surface area contributed by atoms with E-state index < -0.39 is 36.8 Å². The van der Waals surface area contributed by atoms with E-state index in [2.05, 4.69) is 10.3 Å². The monoisotopic (exact) mass is 514 g/mol. The van der Waals surface area contributed by atoms with Gasteiger partial charge in [0.05, 0.1) is 13.0 Å². The van der Waals surface area contributed by atoms with Crippen molar-refractivity contribution in [3.8, 4) is 17.2 Å². The minimum absolute atomic E-state index is 0.000169. The summed E-state index contributed by atoms with van der Waals surface area (Å²) in [6, 6.07) is 10.1. The molecule has 0 spiro atoms. The van der Waals surface area contributed by atoms with Gasteiger partial charge in [0.1, 0.15) is 24.0 Å². The van der Waals surface area contributed by atoms with E-state index in [1.807, 2.05) is 30.3 Å². The molecule has 1 aromatic heterocycles. The molecule has 0 saturated carbocycles. The maximum absolute atomic E-state index is 13.2. The van der Waals surface area contributed by atoms with Crippen LogP contribution in [0.2, 0.25) is 0 Å². The number of cyclic esters (lactones) is 1. The lowest BCUT2D eigenvalue weighted by Gasteiger charge is -2.21. The van der Waals surface area contributed by atoms with Gasteiger partial charge in [0.2, 0.25) is 6.79 Å². The van der Waals surface area contributed by atoms with Crippen molar-refractivity contribution < 1.29 is 38.1 Å². The van der Waals surface area contributed by atoms with Gasteiger partial charge in [-0.15, -0.1) is 0 Å². The van der Waals surface area contributed by atoms with Crippen LogP contribution in [0.25, 0.3) is 0 Å². The molecule has 10 heteroatoms. The predicted molar refractivity (Wildman–Crippen MR) is 133 cm³/mol. The largest absolute Gasteiger partial charge is 0.493 e. The van der Waals surface area contributed by atoms with Crippen LogP contribution in [0.3, 0.4) is 0 Å². The zero-order valence-electron chi connectivity index (χ0n) is 21.6. The van der Waals surface area contributed by atoms with Crippen LogP contribution < -0.4 is 19.5 Å². The number of hydrogen-bond acceptors (Lipinski definition) is 9. The zero-order chi connectivity index (χ0) is 26.8. The number of nitrogens with one attached hydrogen (secondary N) is 1. The summed E-state index contributed by atoms with van der Waals surface area (Å²) in [4.78, 5) is 41.9. The molecule has 1 aliphatic rings. The fourth-order valence-electron chi connectivity index (χ4n) is 3.85. The summed E-state index contributed by atoms with van der Waals surface area (Å²) in [6.45, 7) is 4.76. The van der Waals surface area contributed by atoms with E-state index in [1.165, 1.54) is 19.4 Å². The van der Waals surface area contributed by atoms with Crippen molar-refractivity contribution in [3.63, 3.8) is 0 Å². The second-order valence-corrected chi connectivity index (χ2v) is 9.06. The van der Waals surface area contributed by atoms with E-state index in [0.717, 1.165) is 5.75 Å². The number of esters is 2. The lowest BCUT2D eigenvalue weighted by Crippen LogP contribution is -2.43. The first-order valence-corrected chi connectivity index (χ1v) is 12.3. The number of carbonyl (C=O) groups excluding carboxylic acids is 3. The van der Waals surface area contributed by atoms with Crippen molar-refractivity contribution in [2.75, 3.05) is 13.9 Å². The second kappa shape index (κ2) is 13.5. The Morgan fingerprint density at radius 1 is 1.16 bits per heavy atom. The van der Waals surface area contributed by atoms with Gasteiger partial charge in [0.15, 0.2) is 17.2 Å². The molecule has 1 aliphatic heterocycles. The summed E-state index contributed by atoms with van der Waals surface area (Å²) in [5.74, 6) is -0.978. The Balaban J connectivity index is 1.68. The number of ether oxygens (including phenoxy) is 5. The third-order valence-electron chi connectivity index (χ3n) is 5.75. The SMILES string of the molecule is COc1ccnc(C(=O)N[C@H]2CCCC(Oc3ccccc3)CC(C)OC2=O)c1OCOC(=O)C(C)C. The lowest BCUT2D eigenvalue weighted by atomic mass is 10.0. The fourth-order valence-corrected chi connectivity index (χ4v) is 3.85. The number of methoxy groups -OCH3 is 1. The predicted octanol–water partition coefficient (Wildman–Crippen LogP) is 3.68. The summed E-state index contributed by atoms with van der Waals surface area (Å²) in [6.07, 6.45) is 3.07. The molecular weight excluding hydrogens is 480 g/mol. The zero-order valence-corrected chi connectivity index (χ0v) is 21.6. The number of nitrogens with zero attached hydrogens (tertiary/aromatic N) is 1. The van der Waals surface area contributed by atoms with Gasteiger partial charge in [0, 0.05) is 18.7 Å². The topological polar surface area (TPSA) is 122 Å². The third kappa shape index (κ3) is 8.09. The number of benzene rings is 1. The number of pyridine rings is 1. The minimum atomic E-state index is -0.884. The number of carbonyl (C=O) groups is 3. The van der Waals surface area contributed by atoms with Crippen LogP contribution in [0.15, 0.2) is 42.6 Å². The van der Waals surface area contributed by atoms with Crippen molar-refractivity contribution in [2.24, 2.45) is 5.92 Å². The Morgan fingerprint density at radius 2 is 1.92 bits per heavy atom. The maximum Gasteiger partial charge on any atom is 0.328 e. The first-order chi connectivity index (χ1) is 17.8. The highest BCUT2D eigenvalue weighted by molar-refractivity contribution is 5.98. The van der Waals surface area contributed by atoms with E-state index in [9.17, 15) is 14.4 Å². The van der Waals surface area contributed by atoms with Gasteiger partial charge < -0.3 is 29.0 Å². The molecule has 1 N–H and O–H groups in total. The van der Waals surface area contributed by atoms with Crippen molar-refractivity contribution in [2.45, 2.75) is 64.7 Å². The summed E-state index contributed by atoms with van der Waals surface area (Å²) < 4.78 is 27.6. The summed E-state index contributed by atoms with van der Waals surface area (Å²) in [5, 5.41) is 2.71. The average molecular weight is 515 g/mol. The molecule has 3 rings (SSSR count). The summed E-state index contributed by atoms with van der Waals surface area (Å²) in [7, 11) is 1.41. The molecule has 10 nitrogen and oxygen atoms in total. The van der Waals surface area contributed by atoms with Crippen molar-refractivity contribution in [1.29, 1.82) is 0 Å². The van der Waals surface area contributed by atoms with Crippen LogP contribution >= 0.6 is 0 Å². The Hall–Kier alpha value is -3.82. The van der Waals surface area contributed by atoms with Crippen LogP contribution in [0.5, 0.6) is 17.2 Å². The van der Waals surface area contributed by atoms with Gasteiger partial charge in [-0.3, -0.25) is 9.59 Å². The van der Waals surface area contributed by atoms with Gasteiger partial charge >= 0.3 is 11.9 Å². The molecule has 2 unspecified atom stereocenters. The molecule has 3 atom stereocenters. The van der Waals surface area contributed by atoms with Crippen LogP contribution in [0, 0.1) is 5.92 Å². The molecule has 200 valence electrons. The molecule has 0 aliphatic carbocycles. The Bertz CT molecular complexity index is 1060. The highest BCUT2D eigenvalue weighted by Gasteiger charge is 2.30. The first kappa shape index (κ1) is 27.8. The number of rotatable bonds is 9. The molecule has 1 amide bonds. The highest BCUT2D eigenvalue weighted by Crippen LogP contribution is 2.30. The molecule has 1 fully saturated rings. The van der Waals surface area contributed by atoms with E-state index in [4.69, 9.17) is 23.7 Å². The van der Waals surface area contributed by atoms with Gasteiger partial charge in [-0.25, -0.2) is 9.78 Å². The van der Waals surface area contributed by atoms with E-state index in [0.29, 0.717) is 25.7 Å². The number of para-hydroxylation sites is 1. The molecule has 1 aromatic carbocycles. The molecule has 0 bridgehead atoms. The Kier molecular flexibility index (Phi) is 10.1. The van der Waals surface area contributed by atoms with E-state index in [-0.39, 0.29) is 29.2 Å². The Morgan fingerprint density at radius 3 is 2.62 bits per heavy atom. The molecule has 2 aromatic rings. The van der Waals surface area contributed by atoms with Gasteiger partial charge in [-0.1, -0.05) is 32.0 Å². The molecule has 2 heterocycles. The van der Waals surface area contributed by atoms with Crippen LogP contribution in [-0.4, -0.2) is 55.0 Å². The standard InChI is InChI=1S/C27H34N2O8/c1-17(2)26(31)35-16-34-24-22(33-4)13-14-28-23(24)25(30)29-21-12-8-11-20(15-18(3)36-27(21)32)37-19-9-6-5-7-10-19/h5-7,9-10,13-14,17-18,20-21H,8,11-12,15-16H2,1-4H3,(H,29,30)/t18?,20?,21-/m0/s1. The van der Waals surface area contributed by atoms with Gasteiger partial charge in [-0.2, -0.15) is 0 Å². The average Bonchev–Trinajstić information content (AvgIpc) is 2.93. The molecule has 37 heavy (non-hydrogen) atoms. The molecule has 0 radical (unpaired) electrons. The minimum Gasteiger partial charge on any atom is -0.493 e. The van der Waals surface area contributed by atoms with Crippen LogP contribution in [-0.2, 0) is 19.1 Å². The Labute approximate surface area is 216 Å². The van der Waals surface area contributed by atoms with Gasteiger partial charge in [-0.05, 0) is 38.3 Å². The molecule has 1 saturated heterocycles. The van der Waals surface area contributed by atoms with Crippen LogP contribution in [0.4, 0.5) is 0 Å². The van der Waals surface area contributed by atoms with E-state index in [1.54, 1.807) is 20.8 Å². The first-order valence-electron chi connectivity index (χ1n) is 12.3. The summed E-state index contributed by atoms with van der Waals surface area (Å²) in [5.41, 5.74) is -0.106. The highest BCUT2D eigenvalue weighted by atomic mass is 16.7. The third-order valence-corrected chi connectivity index (χ3v) is 5.75. The van der Waals surface area contributed by atoms with Gasteiger partial charge in [0.25, 0.3) is 5.91 Å². The quantitative estimate of drug-likeness (QED) is 0.394. The van der Waals surface area contributed by atoms with E-state index >= 15 is 0 Å². The number of hydrogen-bond donors (Lipinski definition) is 1. The second-order valence-electron chi connectivity index (χ2n) is 9.06.